The van der Waals surface area contributed by atoms with Gasteiger partial charge in [-0.15, -0.1) is 0 Å². The lowest BCUT2D eigenvalue weighted by atomic mass is 10.4. The number of alkyl halides is 3. The molecule has 9 heteroatoms. The second kappa shape index (κ2) is 6.12. The summed E-state index contributed by atoms with van der Waals surface area (Å²) < 4.78 is 39.3. The zero-order chi connectivity index (χ0) is 14.6. The third-order valence-electron chi connectivity index (χ3n) is 2.37. The summed E-state index contributed by atoms with van der Waals surface area (Å²) in [5.74, 6) is 0.544. The van der Waals surface area contributed by atoms with Gasteiger partial charge in [-0.1, -0.05) is 11.8 Å². The van der Waals surface area contributed by atoms with Crippen LogP contribution in [0.4, 0.5) is 13.2 Å². The number of aromatic nitrogens is 4. The van der Waals surface area contributed by atoms with Gasteiger partial charge in [0.15, 0.2) is 10.9 Å². The predicted molar refractivity (Wildman–Crippen MR) is 67.4 cm³/mol. The number of thioether (sulfide) groups is 1. The standard InChI is InChI=1S/C11H11F3N4OS/c12-11(13,14)8-6-9(19)17-10(16-8)20-5-1-3-18-4-2-15-7-18/h2,4,6-7H,1,3,5H2,(H,16,17,19). The topological polar surface area (TPSA) is 63.6 Å². The molecule has 0 aliphatic heterocycles. The molecule has 0 unspecified atom stereocenters. The fraction of sp³-hybridized carbons (Fsp3) is 0.364. The molecule has 2 rings (SSSR count). The lowest BCUT2D eigenvalue weighted by molar-refractivity contribution is -0.141. The number of rotatable bonds is 5. The molecule has 20 heavy (non-hydrogen) atoms. The Morgan fingerprint density at radius 3 is 2.85 bits per heavy atom. The van der Waals surface area contributed by atoms with E-state index in [0.717, 1.165) is 18.2 Å². The van der Waals surface area contributed by atoms with Gasteiger partial charge in [0, 0.05) is 30.8 Å². The van der Waals surface area contributed by atoms with Gasteiger partial charge in [-0.25, -0.2) is 9.97 Å². The second-order valence-electron chi connectivity index (χ2n) is 3.94. The van der Waals surface area contributed by atoms with E-state index in [4.69, 9.17) is 0 Å². The van der Waals surface area contributed by atoms with Crippen LogP contribution in [-0.2, 0) is 12.7 Å². The molecule has 1 N–H and O–H groups in total. The molecule has 0 atom stereocenters. The summed E-state index contributed by atoms with van der Waals surface area (Å²) in [7, 11) is 0. The first-order chi connectivity index (χ1) is 9.45. The minimum Gasteiger partial charge on any atom is -0.337 e. The lowest BCUT2D eigenvalue weighted by Crippen LogP contribution is -2.16. The first kappa shape index (κ1) is 14.6. The van der Waals surface area contributed by atoms with E-state index in [1.54, 1.807) is 18.7 Å². The largest absolute Gasteiger partial charge is 0.433 e. The highest BCUT2D eigenvalue weighted by atomic mass is 32.2. The van der Waals surface area contributed by atoms with Crippen LogP contribution in [0.25, 0.3) is 0 Å². The Balaban J connectivity index is 1.92. The van der Waals surface area contributed by atoms with Crippen molar-refractivity contribution in [3.63, 3.8) is 0 Å². The van der Waals surface area contributed by atoms with E-state index in [1.165, 1.54) is 0 Å². The SMILES string of the molecule is O=c1cc(C(F)(F)F)nc(SCCCn2ccnc2)[nH]1. The average Bonchev–Trinajstić information content (AvgIpc) is 2.86. The number of nitrogens with one attached hydrogen (secondary N) is 1. The maximum Gasteiger partial charge on any atom is 0.433 e. The number of hydrogen-bond acceptors (Lipinski definition) is 4. The van der Waals surface area contributed by atoms with Crippen molar-refractivity contribution in [2.75, 3.05) is 5.75 Å². The second-order valence-corrected chi connectivity index (χ2v) is 5.02. The molecule has 0 saturated heterocycles. The number of halogens is 3. The van der Waals surface area contributed by atoms with Crippen molar-refractivity contribution < 1.29 is 13.2 Å². The Bertz CT molecular complexity index is 609. The molecule has 0 aliphatic carbocycles. The van der Waals surface area contributed by atoms with Gasteiger partial charge < -0.3 is 9.55 Å². The van der Waals surface area contributed by atoms with Crippen molar-refractivity contribution in [2.45, 2.75) is 24.3 Å². The minimum atomic E-state index is -4.61. The Hall–Kier alpha value is -1.77. The number of nitrogens with zero attached hydrogens (tertiary/aromatic N) is 3. The normalized spacial score (nSPS) is 11.8. The van der Waals surface area contributed by atoms with Crippen molar-refractivity contribution >= 4 is 11.8 Å². The average molecular weight is 304 g/mol. The maximum atomic E-state index is 12.5. The zero-order valence-corrected chi connectivity index (χ0v) is 11.0. The van der Waals surface area contributed by atoms with E-state index in [-0.39, 0.29) is 5.16 Å². The van der Waals surface area contributed by atoms with E-state index < -0.39 is 17.4 Å². The van der Waals surface area contributed by atoms with Gasteiger partial charge in [0.1, 0.15) is 0 Å². The summed E-state index contributed by atoms with van der Waals surface area (Å²) in [6.07, 6.45) is 1.23. The molecule has 0 spiro atoms. The quantitative estimate of drug-likeness (QED) is 0.522. The monoisotopic (exact) mass is 304 g/mol. The third-order valence-corrected chi connectivity index (χ3v) is 3.33. The molecule has 2 aromatic rings. The molecule has 0 fully saturated rings. The van der Waals surface area contributed by atoms with Gasteiger partial charge in [-0.3, -0.25) is 4.79 Å². The fourth-order valence-electron chi connectivity index (χ4n) is 1.48. The minimum absolute atomic E-state index is 0.0181. The number of aromatic amines is 1. The molecular formula is C11H11F3N4OS. The summed E-state index contributed by atoms with van der Waals surface area (Å²) in [6, 6.07) is 0.454. The molecule has 2 aromatic heterocycles. The molecule has 0 radical (unpaired) electrons. The van der Waals surface area contributed by atoms with Crippen molar-refractivity contribution in [3.8, 4) is 0 Å². The van der Waals surface area contributed by atoms with Crippen molar-refractivity contribution in [1.82, 2.24) is 19.5 Å². The zero-order valence-electron chi connectivity index (χ0n) is 10.2. The Morgan fingerprint density at radius 2 is 2.20 bits per heavy atom. The molecule has 0 bridgehead atoms. The highest BCUT2D eigenvalue weighted by Crippen LogP contribution is 2.27. The molecular weight excluding hydrogens is 293 g/mol. The van der Waals surface area contributed by atoms with Crippen LogP contribution in [0.1, 0.15) is 12.1 Å². The van der Waals surface area contributed by atoms with E-state index in [1.807, 2.05) is 4.57 Å². The number of aryl methyl sites for hydroxylation is 1. The van der Waals surface area contributed by atoms with Gasteiger partial charge in [0.05, 0.1) is 6.33 Å². The Labute approximate surface area is 116 Å². The van der Waals surface area contributed by atoms with Gasteiger partial charge in [0.25, 0.3) is 5.56 Å². The van der Waals surface area contributed by atoms with E-state index in [0.29, 0.717) is 18.4 Å². The molecule has 0 aromatic carbocycles. The molecule has 0 aliphatic rings. The summed E-state index contributed by atoms with van der Waals surface area (Å²) in [5, 5.41) is -0.0181. The van der Waals surface area contributed by atoms with E-state index >= 15 is 0 Å². The number of imidazole rings is 1. The van der Waals surface area contributed by atoms with Gasteiger partial charge in [-0.2, -0.15) is 13.2 Å². The third kappa shape index (κ3) is 4.12. The molecule has 5 nitrogen and oxygen atoms in total. The molecule has 0 amide bonds. The van der Waals surface area contributed by atoms with E-state index in [9.17, 15) is 18.0 Å². The van der Waals surface area contributed by atoms with Gasteiger partial charge in [-0.05, 0) is 6.42 Å². The van der Waals surface area contributed by atoms with Gasteiger partial charge >= 0.3 is 6.18 Å². The van der Waals surface area contributed by atoms with Crippen molar-refractivity contribution in [3.05, 3.63) is 40.8 Å². The van der Waals surface area contributed by atoms with Crippen molar-refractivity contribution in [1.29, 1.82) is 0 Å². The summed E-state index contributed by atoms with van der Waals surface area (Å²) in [5.41, 5.74) is -1.97. The summed E-state index contributed by atoms with van der Waals surface area (Å²) in [6.45, 7) is 0.705. The van der Waals surface area contributed by atoms with Crippen molar-refractivity contribution in [2.24, 2.45) is 0 Å². The van der Waals surface area contributed by atoms with Crippen LogP contribution in [0.5, 0.6) is 0 Å². The van der Waals surface area contributed by atoms with Crippen LogP contribution in [0.2, 0.25) is 0 Å². The molecule has 108 valence electrons. The summed E-state index contributed by atoms with van der Waals surface area (Å²) in [4.78, 5) is 20.7. The first-order valence-corrected chi connectivity index (χ1v) is 6.71. The van der Waals surface area contributed by atoms with Crippen LogP contribution >= 0.6 is 11.8 Å². The summed E-state index contributed by atoms with van der Waals surface area (Å²) >= 11 is 1.09. The highest BCUT2D eigenvalue weighted by molar-refractivity contribution is 7.99. The predicted octanol–water partition coefficient (Wildman–Crippen LogP) is 2.17. The Kier molecular flexibility index (Phi) is 4.48. The molecule has 2 heterocycles. The maximum absolute atomic E-state index is 12.5. The van der Waals surface area contributed by atoms with Crippen LogP contribution in [0.15, 0.2) is 34.7 Å². The first-order valence-electron chi connectivity index (χ1n) is 5.72. The Morgan fingerprint density at radius 1 is 1.40 bits per heavy atom. The van der Waals surface area contributed by atoms with Crippen LogP contribution in [0, 0.1) is 0 Å². The highest BCUT2D eigenvalue weighted by Gasteiger charge is 2.33. The van der Waals surface area contributed by atoms with E-state index in [2.05, 4.69) is 15.0 Å². The fourth-order valence-corrected chi connectivity index (χ4v) is 2.29. The number of H-pyrrole nitrogens is 1. The number of hydrogen-bond donors (Lipinski definition) is 1. The van der Waals surface area contributed by atoms with Crippen LogP contribution < -0.4 is 5.56 Å². The van der Waals surface area contributed by atoms with Crippen LogP contribution in [-0.4, -0.2) is 25.3 Å². The molecule has 0 saturated carbocycles. The smallest absolute Gasteiger partial charge is 0.337 e. The van der Waals surface area contributed by atoms with Crippen LogP contribution in [0.3, 0.4) is 0 Å². The van der Waals surface area contributed by atoms with Gasteiger partial charge in [0.2, 0.25) is 0 Å². The lowest BCUT2D eigenvalue weighted by Gasteiger charge is -2.07.